The fraction of sp³-hybridized carbons (Fsp3) is 0.471. The number of rotatable bonds is 8. The van der Waals surface area contributed by atoms with E-state index in [0.717, 1.165) is 31.6 Å². The minimum absolute atomic E-state index is 0.341. The second-order valence-corrected chi connectivity index (χ2v) is 5.79. The highest BCUT2D eigenvalue weighted by atomic mass is 15.1. The zero-order valence-electron chi connectivity index (χ0n) is 13.7. The van der Waals surface area contributed by atoms with Gasteiger partial charge in [0.2, 0.25) is 5.95 Å². The summed E-state index contributed by atoms with van der Waals surface area (Å²) in [6.45, 7) is 9.14. The van der Waals surface area contributed by atoms with Crippen LogP contribution in [0, 0.1) is 0 Å². The molecule has 5 heteroatoms. The standard InChI is InChI=1S/C17H25N5/c1-4-8-22(12-15-6-5-7-18-9-15)13-16-10-19-17(20-11-16)21-14(2)3/h5-7,9-11,14H,4,8,12-13H2,1-3H3,(H,19,20,21). The third kappa shape index (κ3) is 5.41. The maximum Gasteiger partial charge on any atom is 0.222 e. The third-order valence-corrected chi connectivity index (χ3v) is 3.20. The first-order valence-electron chi connectivity index (χ1n) is 7.86. The lowest BCUT2D eigenvalue weighted by molar-refractivity contribution is 0.256. The van der Waals surface area contributed by atoms with E-state index in [1.807, 2.05) is 30.9 Å². The minimum Gasteiger partial charge on any atom is -0.352 e. The average molecular weight is 299 g/mol. The summed E-state index contributed by atoms with van der Waals surface area (Å²) in [5.41, 5.74) is 2.36. The van der Waals surface area contributed by atoms with Crippen LogP contribution < -0.4 is 5.32 Å². The van der Waals surface area contributed by atoms with Gasteiger partial charge in [0.1, 0.15) is 0 Å². The molecular formula is C17H25N5. The van der Waals surface area contributed by atoms with Crippen molar-refractivity contribution in [3.05, 3.63) is 48.0 Å². The van der Waals surface area contributed by atoms with Gasteiger partial charge in [-0.15, -0.1) is 0 Å². The molecule has 0 bridgehead atoms. The van der Waals surface area contributed by atoms with E-state index >= 15 is 0 Å². The fourth-order valence-corrected chi connectivity index (χ4v) is 2.31. The van der Waals surface area contributed by atoms with Gasteiger partial charge < -0.3 is 5.32 Å². The number of nitrogens with one attached hydrogen (secondary N) is 1. The van der Waals surface area contributed by atoms with Gasteiger partial charge in [-0.2, -0.15) is 0 Å². The minimum atomic E-state index is 0.341. The Labute approximate surface area is 132 Å². The van der Waals surface area contributed by atoms with Crippen molar-refractivity contribution in [2.45, 2.75) is 46.3 Å². The molecule has 0 radical (unpaired) electrons. The van der Waals surface area contributed by atoms with Crippen LogP contribution in [0.3, 0.4) is 0 Å². The molecule has 22 heavy (non-hydrogen) atoms. The van der Waals surface area contributed by atoms with Crippen molar-refractivity contribution in [2.75, 3.05) is 11.9 Å². The largest absolute Gasteiger partial charge is 0.352 e. The van der Waals surface area contributed by atoms with Crippen LogP contribution in [0.25, 0.3) is 0 Å². The second kappa shape index (κ2) is 8.44. The van der Waals surface area contributed by atoms with E-state index in [1.54, 1.807) is 0 Å². The number of aromatic nitrogens is 3. The van der Waals surface area contributed by atoms with Gasteiger partial charge >= 0.3 is 0 Å². The van der Waals surface area contributed by atoms with E-state index in [-0.39, 0.29) is 0 Å². The van der Waals surface area contributed by atoms with Crippen molar-refractivity contribution in [1.29, 1.82) is 0 Å². The topological polar surface area (TPSA) is 53.9 Å². The number of hydrogen-bond donors (Lipinski definition) is 1. The zero-order chi connectivity index (χ0) is 15.8. The van der Waals surface area contributed by atoms with Gasteiger partial charge in [-0.05, 0) is 38.4 Å². The Bertz CT molecular complexity index is 539. The molecule has 0 atom stereocenters. The van der Waals surface area contributed by atoms with E-state index in [9.17, 15) is 0 Å². The molecular weight excluding hydrogens is 274 g/mol. The van der Waals surface area contributed by atoms with Crippen LogP contribution in [0.4, 0.5) is 5.95 Å². The van der Waals surface area contributed by atoms with Crippen LogP contribution in [0.5, 0.6) is 0 Å². The predicted octanol–water partition coefficient (Wildman–Crippen LogP) is 3.10. The van der Waals surface area contributed by atoms with Crippen LogP contribution in [0.2, 0.25) is 0 Å². The molecule has 118 valence electrons. The normalized spacial score (nSPS) is 11.1. The summed E-state index contributed by atoms with van der Waals surface area (Å²) in [5, 5.41) is 3.21. The van der Waals surface area contributed by atoms with Crippen molar-refractivity contribution < 1.29 is 0 Å². The highest BCUT2D eigenvalue weighted by molar-refractivity contribution is 5.25. The molecule has 1 N–H and O–H groups in total. The Morgan fingerprint density at radius 2 is 1.82 bits per heavy atom. The maximum atomic E-state index is 4.38. The van der Waals surface area contributed by atoms with Crippen molar-refractivity contribution in [1.82, 2.24) is 19.9 Å². The van der Waals surface area contributed by atoms with Gasteiger partial charge in [-0.25, -0.2) is 9.97 Å². The van der Waals surface area contributed by atoms with Crippen LogP contribution in [0.15, 0.2) is 36.9 Å². The molecule has 2 rings (SSSR count). The van der Waals surface area contributed by atoms with Crippen molar-refractivity contribution in [3.63, 3.8) is 0 Å². The summed E-state index contributed by atoms with van der Waals surface area (Å²) in [7, 11) is 0. The van der Waals surface area contributed by atoms with Gasteiger partial charge in [-0.3, -0.25) is 9.88 Å². The Morgan fingerprint density at radius 3 is 2.41 bits per heavy atom. The molecule has 0 aromatic carbocycles. The quantitative estimate of drug-likeness (QED) is 0.811. The van der Waals surface area contributed by atoms with Crippen LogP contribution in [-0.4, -0.2) is 32.4 Å². The smallest absolute Gasteiger partial charge is 0.222 e. The number of nitrogens with zero attached hydrogens (tertiary/aromatic N) is 4. The van der Waals surface area contributed by atoms with Gasteiger partial charge in [0.05, 0.1) is 0 Å². The van der Waals surface area contributed by atoms with E-state index in [0.29, 0.717) is 12.0 Å². The summed E-state index contributed by atoms with van der Waals surface area (Å²) < 4.78 is 0. The molecule has 0 fully saturated rings. The molecule has 0 spiro atoms. The van der Waals surface area contributed by atoms with Crippen molar-refractivity contribution >= 4 is 5.95 Å². The summed E-state index contributed by atoms with van der Waals surface area (Å²) in [6, 6.07) is 4.43. The molecule has 0 amide bonds. The predicted molar refractivity (Wildman–Crippen MR) is 89.4 cm³/mol. The number of pyridine rings is 1. The molecule has 2 aromatic heterocycles. The summed E-state index contributed by atoms with van der Waals surface area (Å²) in [4.78, 5) is 15.3. The molecule has 0 saturated carbocycles. The molecule has 0 aliphatic heterocycles. The highest BCUT2D eigenvalue weighted by Gasteiger charge is 2.08. The molecule has 0 unspecified atom stereocenters. The van der Waals surface area contributed by atoms with E-state index in [2.05, 4.69) is 52.0 Å². The molecule has 0 saturated heterocycles. The summed E-state index contributed by atoms with van der Waals surface area (Å²) >= 11 is 0. The van der Waals surface area contributed by atoms with Crippen LogP contribution in [-0.2, 0) is 13.1 Å². The SMILES string of the molecule is CCCN(Cc1cccnc1)Cc1cnc(NC(C)C)nc1. The molecule has 0 aliphatic rings. The lowest BCUT2D eigenvalue weighted by Crippen LogP contribution is -2.24. The first-order chi connectivity index (χ1) is 10.7. The van der Waals surface area contributed by atoms with Gasteiger partial charge in [0, 0.05) is 49.5 Å². The first-order valence-corrected chi connectivity index (χ1v) is 7.86. The Balaban J connectivity index is 1.98. The zero-order valence-corrected chi connectivity index (χ0v) is 13.7. The molecule has 2 aromatic rings. The monoisotopic (exact) mass is 299 g/mol. The van der Waals surface area contributed by atoms with E-state index < -0.39 is 0 Å². The van der Waals surface area contributed by atoms with E-state index in [4.69, 9.17) is 0 Å². The first kappa shape index (κ1) is 16.4. The lowest BCUT2D eigenvalue weighted by Gasteiger charge is -2.21. The van der Waals surface area contributed by atoms with Gasteiger partial charge in [-0.1, -0.05) is 13.0 Å². The van der Waals surface area contributed by atoms with Crippen LogP contribution >= 0.6 is 0 Å². The van der Waals surface area contributed by atoms with Crippen molar-refractivity contribution in [3.8, 4) is 0 Å². The fourth-order valence-electron chi connectivity index (χ4n) is 2.31. The Hall–Kier alpha value is -2.01. The van der Waals surface area contributed by atoms with Gasteiger partial charge in [0.15, 0.2) is 0 Å². The lowest BCUT2D eigenvalue weighted by atomic mass is 10.2. The Morgan fingerprint density at radius 1 is 1.09 bits per heavy atom. The highest BCUT2D eigenvalue weighted by Crippen LogP contribution is 2.10. The average Bonchev–Trinajstić information content (AvgIpc) is 2.50. The summed E-state index contributed by atoms with van der Waals surface area (Å²) in [6.07, 6.45) is 8.66. The third-order valence-electron chi connectivity index (χ3n) is 3.20. The number of anilines is 1. The second-order valence-electron chi connectivity index (χ2n) is 5.79. The van der Waals surface area contributed by atoms with Crippen molar-refractivity contribution in [2.24, 2.45) is 0 Å². The molecule has 5 nitrogen and oxygen atoms in total. The Kier molecular flexibility index (Phi) is 6.27. The molecule has 2 heterocycles. The maximum absolute atomic E-state index is 4.38. The number of hydrogen-bond acceptors (Lipinski definition) is 5. The van der Waals surface area contributed by atoms with Gasteiger partial charge in [0.25, 0.3) is 0 Å². The van der Waals surface area contributed by atoms with E-state index in [1.165, 1.54) is 5.56 Å². The summed E-state index contributed by atoms with van der Waals surface area (Å²) in [5.74, 6) is 0.688. The van der Waals surface area contributed by atoms with Crippen LogP contribution in [0.1, 0.15) is 38.3 Å². The molecule has 0 aliphatic carbocycles.